The second-order valence-electron chi connectivity index (χ2n) is 11.3. The topological polar surface area (TPSA) is 52.6 Å². The summed E-state index contributed by atoms with van der Waals surface area (Å²) in [6, 6.07) is 0. The van der Waals surface area contributed by atoms with Gasteiger partial charge in [0.2, 0.25) is 0 Å². The molecule has 0 radical (unpaired) electrons. The summed E-state index contributed by atoms with van der Waals surface area (Å²) < 4.78 is 11.5. The molecule has 4 heteroatoms. The number of carbonyl (C=O) groups excluding carboxylic acids is 2. The Labute approximate surface area is 171 Å². The highest BCUT2D eigenvalue weighted by Gasteiger charge is 2.60. The first kappa shape index (κ1) is 21.6. The average molecular weight is 393 g/mol. The van der Waals surface area contributed by atoms with E-state index in [1.54, 1.807) is 0 Å². The van der Waals surface area contributed by atoms with E-state index in [2.05, 4.69) is 20.8 Å². The minimum absolute atomic E-state index is 0.143. The molecule has 0 aromatic heterocycles. The van der Waals surface area contributed by atoms with Gasteiger partial charge in [0.05, 0.1) is 6.42 Å². The lowest BCUT2D eigenvalue weighted by molar-refractivity contribution is -0.194. The van der Waals surface area contributed by atoms with Crippen LogP contribution in [0.15, 0.2) is 0 Å². The van der Waals surface area contributed by atoms with E-state index in [1.165, 1.54) is 32.1 Å². The van der Waals surface area contributed by atoms with Crippen molar-refractivity contribution < 1.29 is 19.1 Å². The third-order valence-corrected chi connectivity index (χ3v) is 8.19. The summed E-state index contributed by atoms with van der Waals surface area (Å²) in [4.78, 5) is 24.7. The summed E-state index contributed by atoms with van der Waals surface area (Å²) in [5.41, 5.74) is -0.147. The molecule has 4 fully saturated rings. The fourth-order valence-corrected chi connectivity index (χ4v) is 6.63. The molecule has 0 heterocycles. The summed E-state index contributed by atoms with van der Waals surface area (Å²) >= 11 is 0. The molecule has 4 nitrogen and oxygen atoms in total. The van der Waals surface area contributed by atoms with Gasteiger partial charge in [0.1, 0.15) is 5.60 Å². The van der Waals surface area contributed by atoms with Crippen molar-refractivity contribution in [2.75, 3.05) is 6.61 Å². The molecule has 0 amide bonds. The largest absolute Gasteiger partial charge is 0.456 e. The Bertz CT molecular complexity index is 606. The van der Waals surface area contributed by atoms with Gasteiger partial charge in [-0.1, -0.05) is 48.0 Å². The van der Waals surface area contributed by atoms with Gasteiger partial charge < -0.3 is 9.47 Å². The van der Waals surface area contributed by atoms with Crippen LogP contribution in [0.2, 0.25) is 0 Å². The molecule has 0 saturated heterocycles. The Hall–Kier alpha value is -1.06. The monoisotopic (exact) mass is 392 g/mol. The van der Waals surface area contributed by atoms with E-state index in [0.29, 0.717) is 23.7 Å². The van der Waals surface area contributed by atoms with E-state index in [4.69, 9.17) is 9.47 Å². The Kier molecular flexibility index (Phi) is 5.91. The van der Waals surface area contributed by atoms with Gasteiger partial charge in [-0.25, -0.2) is 4.79 Å². The van der Waals surface area contributed by atoms with Crippen LogP contribution in [-0.2, 0) is 19.1 Å². The molecule has 0 aromatic rings. The molecule has 4 aliphatic carbocycles. The van der Waals surface area contributed by atoms with Crippen LogP contribution in [0.1, 0.15) is 92.9 Å². The zero-order valence-electron chi connectivity index (χ0n) is 18.8. The SMILES string of the molecule is CCC1(C)CC2CC3CC1CC(C3)C2(CC)OC(=O)COC(=O)CC(C)(C)C. The van der Waals surface area contributed by atoms with Crippen molar-refractivity contribution >= 4 is 11.9 Å². The van der Waals surface area contributed by atoms with Crippen LogP contribution in [0.5, 0.6) is 0 Å². The van der Waals surface area contributed by atoms with E-state index >= 15 is 0 Å². The third-order valence-electron chi connectivity index (χ3n) is 8.19. The molecule has 160 valence electrons. The number of hydrogen-bond acceptors (Lipinski definition) is 4. The zero-order valence-corrected chi connectivity index (χ0v) is 18.8. The highest BCUT2D eigenvalue weighted by molar-refractivity contribution is 5.77. The zero-order chi connectivity index (χ0) is 20.7. The van der Waals surface area contributed by atoms with Crippen LogP contribution in [0.25, 0.3) is 0 Å². The van der Waals surface area contributed by atoms with Gasteiger partial charge >= 0.3 is 11.9 Å². The van der Waals surface area contributed by atoms with Crippen molar-refractivity contribution in [1.29, 1.82) is 0 Å². The highest BCUT2D eigenvalue weighted by atomic mass is 16.6. The van der Waals surface area contributed by atoms with Crippen molar-refractivity contribution in [3.8, 4) is 0 Å². The van der Waals surface area contributed by atoms with Crippen molar-refractivity contribution in [3.05, 3.63) is 0 Å². The minimum atomic E-state index is -0.366. The van der Waals surface area contributed by atoms with E-state index in [9.17, 15) is 9.59 Å². The van der Waals surface area contributed by atoms with Crippen LogP contribution < -0.4 is 0 Å². The summed E-state index contributed by atoms with van der Waals surface area (Å²) in [6.45, 7) is 12.7. The summed E-state index contributed by atoms with van der Waals surface area (Å²) in [6.07, 6.45) is 8.45. The molecule has 0 aromatic carbocycles. The molecule has 0 spiro atoms. The molecule has 4 rings (SSSR count). The van der Waals surface area contributed by atoms with Crippen LogP contribution >= 0.6 is 0 Å². The van der Waals surface area contributed by atoms with Crippen molar-refractivity contribution in [1.82, 2.24) is 0 Å². The van der Waals surface area contributed by atoms with Crippen LogP contribution in [0.3, 0.4) is 0 Å². The normalized spacial score (nSPS) is 39.5. The Morgan fingerprint density at radius 3 is 2.18 bits per heavy atom. The maximum Gasteiger partial charge on any atom is 0.344 e. The average Bonchev–Trinajstić information content (AvgIpc) is 2.74. The molecular formula is C24H40O4. The van der Waals surface area contributed by atoms with Crippen LogP contribution in [-0.4, -0.2) is 24.1 Å². The lowest BCUT2D eigenvalue weighted by atomic mass is 9.58. The quantitative estimate of drug-likeness (QED) is 0.558. The van der Waals surface area contributed by atoms with Gasteiger partial charge in [-0.2, -0.15) is 0 Å². The van der Waals surface area contributed by atoms with Gasteiger partial charge in [-0.05, 0) is 73.0 Å². The van der Waals surface area contributed by atoms with Crippen molar-refractivity contribution in [2.24, 2.45) is 34.5 Å². The summed E-state index contributed by atoms with van der Waals surface area (Å²) in [5, 5.41) is 0. The van der Waals surface area contributed by atoms with Gasteiger partial charge in [0, 0.05) is 0 Å². The van der Waals surface area contributed by atoms with Gasteiger partial charge in [0.15, 0.2) is 6.61 Å². The van der Waals surface area contributed by atoms with Crippen LogP contribution in [0, 0.1) is 34.5 Å². The lowest BCUT2D eigenvalue weighted by Gasteiger charge is -2.52. The summed E-state index contributed by atoms with van der Waals surface area (Å²) in [5.74, 6) is 1.76. The number of carbonyl (C=O) groups is 2. The smallest absolute Gasteiger partial charge is 0.344 e. The van der Waals surface area contributed by atoms with Gasteiger partial charge in [-0.3, -0.25) is 4.79 Å². The fraction of sp³-hybridized carbons (Fsp3) is 0.917. The molecule has 6 unspecified atom stereocenters. The fourth-order valence-electron chi connectivity index (χ4n) is 6.63. The van der Waals surface area contributed by atoms with E-state index in [0.717, 1.165) is 24.7 Å². The third kappa shape index (κ3) is 4.11. The second kappa shape index (κ2) is 7.65. The Morgan fingerprint density at radius 1 is 0.929 bits per heavy atom. The predicted molar refractivity (Wildman–Crippen MR) is 110 cm³/mol. The predicted octanol–water partition coefficient (Wildman–Crippen LogP) is 5.53. The highest BCUT2D eigenvalue weighted by Crippen LogP contribution is 2.63. The number of esters is 2. The van der Waals surface area contributed by atoms with Crippen molar-refractivity contribution in [3.63, 3.8) is 0 Å². The number of rotatable bonds is 6. The van der Waals surface area contributed by atoms with Gasteiger partial charge in [-0.15, -0.1) is 0 Å². The Morgan fingerprint density at radius 2 is 1.57 bits per heavy atom. The van der Waals surface area contributed by atoms with E-state index < -0.39 is 0 Å². The molecule has 0 N–H and O–H groups in total. The first-order valence-corrected chi connectivity index (χ1v) is 11.4. The first-order valence-electron chi connectivity index (χ1n) is 11.4. The second-order valence-corrected chi connectivity index (χ2v) is 11.3. The molecule has 4 saturated carbocycles. The molecule has 4 bridgehead atoms. The number of ether oxygens (including phenoxy) is 2. The molecule has 6 atom stereocenters. The maximum absolute atomic E-state index is 12.7. The number of fused-ring (bicyclic) bond motifs is 1. The molecule has 28 heavy (non-hydrogen) atoms. The van der Waals surface area contributed by atoms with Crippen molar-refractivity contribution in [2.45, 2.75) is 98.5 Å². The molecule has 4 aliphatic rings. The maximum atomic E-state index is 12.7. The molecular weight excluding hydrogens is 352 g/mol. The van der Waals surface area contributed by atoms with E-state index in [-0.39, 0.29) is 29.6 Å². The first-order chi connectivity index (χ1) is 13.0. The molecule has 0 aliphatic heterocycles. The van der Waals surface area contributed by atoms with Crippen LogP contribution in [0.4, 0.5) is 0 Å². The Balaban J connectivity index is 1.71. The lowest BCUT2D eigenvalue weighted by Crippen LogP contribution is -2.53. The van der Waals surface area contributed by atoms with Gasteiger partial charge in [0.25, 0.3) is 0 Å². The minimum Gasteiger partial charge on any atom is -0.456 e. The summed E-state index contributed by atoms with van der Waals surface area (Å²) in [7, 11) is 0. The van der Waals surface area contributed by atoms with E-state index in [1.807, 2.05) is 20.8 Å². The standard InChI is InChI=1S/C24H40O4/c1-7-23(6)13-19-11-16-9-17(23)12-18(10-16)24(19,8-2)28-21(26)15-27-20(25)14-22(3,4)5/h16-19H,7-15H2,1-6H3. The number of hydrogen-bond donors (Lipinski definition) is 0.